The molecule has 2 aromatic rings. The second kappa shape index (κ2) is 5.82. The highest BCUT2D eigenvalue weighted by atomic mass is 32.2. The standard InChI is InChI=1S/C14H17N3O5S/c1-10-5-12(6-14(18)21-10)22-11-3-4-17(7-11)23(19,20)13-8-16(2)9-15-13/h5-6,8-9,11H,3-4,7H2,1-2H3/t11-/m0/s1. The molecule has 0 bridgehead atoms. The predicted molar refractivity (Wildman–Crippen MR) is 80.7 cm³/mol. The van der Waals surface area contributed by atoms with Crippen LogP contribution < -0.4 is 10.4 Å². The van der Waals surface area contributed by atoms with Crippen LogP contribution in [0.3, 0.4) is 0 Å². The normalized spacial score (nSPS) is 19.1. The van der Waals surface area contributed by atoms with Crippen molar-refractivity contribution in [2.45, 2.75) is 24.5 Å². The van der Waals surface area contributed by atoms with Crippen LogP contribution in [-0.2, 0) is 17.1 Å². The van der Waals surface area contributed by atoms with E-state index in [1.807, 2.05) is 0 Å². The van der Waals surface area contributed by atoms with Crippen molar-refractivity contribution in [3.63, 3.8) is 0 Å². The van der Waals surface area contributed by atoms with E-state index in [0.29, 0.717) is 24.5 Å². The monoisotopic (exact) mass is 339 g/mol. The van der Waals surface area contributed by atoms with Crippen LogP contribution in [0.2, 0.25) is 0 Å². The zero-order valence-corrected chi connectivity index (χ0v) is 13.6. The highest BCUT2D eigenvalue weighted by Crippen LogP contribution is 2.23. The third kappa shape index (κ3) is 3.30. The number of ether oxygens (including phenoxy) is 1. The Morgan fingerprint density at radius 1 is 1.39 bits per heavy atom. The highest BCUT2D eigenvalue weighted by Gasteiger charge is 2.35. The average Bonchev–Trinajstić information content (AvgIpc) is 3.07. The molecule has 9 heteroatoms. The molecule has 0 saturated carbocycles. The van der Waals surface area contributed by atoms with Crippen molar-refractivity contribution in [1.82, 2.24) is 13.9 Å². The topological polar surface area (TPSA) is 94.6 Å². The Balaban J connectivity index is 1.72. The molecule has 1 aliphatic heterocycles. The fraction of sp³-hybridized carbons (Fsp3) is 0.429. The van der Waals surface area contributed by atoms with Gasteiger partial charge in [-0.25, -0.2) is 18.2 Å². The number of sulfonamides is 1. The van der Waals surface area contributed by atoms with Crippen LogP contribution in [0.15, 0.2) is 38.9 Å². The van der Waals surface area contributed by atoms with E-state index in [1.54, 1.807) is 24.6 Å². The van der Waals surface area contributed by atoms with Gasteiger partial charge in [0.25, 0.3) is 10.0 Å². The highest BCUT2D eigenvalue weighted by molar-refractivity contribution is 7.89. The molecule has 1 aliphatic rings. The summed E-state index contributed by atoms with van der Waals surface area (Å²) >= 11 is 0. The van der Waals surface area contributed by atoms with Crippen molar-refractivity contribution in [1.29, 1.82) is 0 Å². The summed E-state index contributed by atoms with van der Waals surface area (Å²) in [5.41, 5.74) is -0.490. The second-order valence-electron chi connectivity index (χ2n) is 5.49. The molecule has 1 fully saturated rings. The molecule has 0 aliphatic carbocycles. The molecule has 124 valence electrons. The molecule has 0 unspecified atom stereocenters. The van der Waals surface area contributed by atoms with E-state index in [-0.39, 0.29) is 17.7 Å². The van der Waals surface area contributed by atoms with Crippen molar-refractivity contribution in [3.8, 4) is 5.75 Å². The summed E-state index contributed by atoms with van der Waals surface area (Å²) in [6, 6.07) is 2.86. The van der Waals surface area contributed by atoms with Gasteiger partial charge in [-0.3, -0.25) is 0 Å². The number of nitrogens with zero attached hydrogens (tertiary/aromatic N) is 3. The smallest absolute Gasteiger partial charge is 0.339 e. The summed E-state index contributed by atoms with van der Waals surface area (Å²) in [4.78, 5) is 15.2. The van der Waals surface area contributed by atoms with Crippen molar-refractivity contribution in [2.75, 3.05) is 13.1 Å². The van der Waals surface area contributed by atoms with Crippen LogP contribution in [0.1, 0.15) is 12.2 Å². The van der Waals surface area contributed by atoms with Crippen LogP contribution >= 0.6 is 0 Å². The van der Waals surface area contributed by atoms with Crippen molar-refractivity contribution >= 4 is 10.0 Å². The maximum atomic E-state index is 12.5. The first-order valence-electron chi connectivity index (χ1n) is 7.11. The summed E-state index contributed by atoms with van der Waals surface area (Å²) in [5.74, 6) is 0.837. The fourth-order valence-corrected chi connectivity index (χ4v) is 3.96. The number of aromatic nitrogens is 2. The molecular weight excluding hydrogens is 322 g/mol. The van der Waals surface area contributed by atoms with Gasteiger partial charge in [-0.05, 0) is 13.3 Å². The molecule has 0 radical (unpaired) electrons. The van der Waals surface area contributed by atoms with E-state index >= 15 is 0 Å². The molecule has 3 heterocycles. The van der Waals surface area contributed by atoms with E-state index in [9.17, 15) is 13.2 Å². The third-order valence-corrected chi connectivity index (χ3v) is 5.31. The molecule has 2 aromatic heterocycles. The van der Waals surface area contributed by atoms with Gasteiger partial charge in [-0.2, -0.15) is 4.31 Å². The van der Waals surface area contributed by atoms with Crippen LogP contribution in [0.4, 0.5) is 0 Å². The van der Waals surface area contributed by atoms with Crippen molar-refractivity contribution in [3.05, 3.63) is 40.8 Å². The van der Waals surface area contributed by atoms with Gasteiger partial charge in [0.1, 0.15) is 17.6 Å². The minimum absolute atomic E-state index is 0.0249. The zero-order valence-electron chi connectivity index (χ0n) is 12.8. The Morgan fingerprint density at radius 2 is 2.17 bits per heavy atom. The van der Waals surface area contributed by atoms with Crippen LogP contribution in [0.5, 0.6) is 5.75 Å². The van der Waals surface area contributed by atoms with E-state index in [0.717, 1.165) is 0 Å². The molecule has 1 saturated heterocycles. The molecule has 23 heavy (non-hydrogen) atoms. The Labute approximate surface area is 133 Å². The number of aryl methyl sites for hydroxylation is 2. The quantitative estimate of drug-likeness (QED) is 0.806. The van der Waals surface area contributed by atoms with E-state index in [2.05, 4.69) is 4.98 Å². The second-order valence-corrected chi connectivity index (χ2v) is 7.38. The first kappa shape index (κ1) is 15.8. The fourth-order valence-electron chi connectivity index (χ4n) is 2.50. The molecule has 8 nitrogen and oxygen atoms in total. The molecular formula is C14H17N3O5S. The van der Waals surface area contributed by atoms with Gasteiger partial charge in [-0.1, -0.05) is 0 Å². The van der Waals surface area contributed by atoms with Gasteiger partial charge in [0.05, 0.1) is 18.9 Å². The lowest BCUT2D eigenvalue weighted by Gasteiger charge is -2.16. The summed E-state index contributed by atoms with van der Waals surface area (Å²) in [6.45, 7) is 2.23. The molecule has 0 amide bonds. The Morgan fingerprint density at radius 3 is 2.83 bits per heavy atom. The number of rotatable bonds is 4. The van der Waals surface area contributed by atoms with Crippen LogP contribution in [0.25, 0.3) is 0 Å². The van der Waals surface area contributed by atoms with Gasteiger partial charge >= 0.3 is 5.63 Å². The van der Waals surface area contributed by atoms with Crippen molar-refractivity contribution < 1.29 is 17.6 Å². The predicted octanol–water partition coefficient (Wildman–Crippen LogP) is 0.524. The van der Waals surface area contributed by atoms with Gasteiger partial charge in [0, 0.05) is 25.9 Å². The lowest BCUT2D eigenvalue weighted by atomic mass is 10.3. The van der Waals surface area contributed by atoms with Gasteiger partial charge in [0.15, 0.2) is 5.03 Å². The van der Waals surface area contributed by atoms with E-state index < -0.39 is 15.6 Å². The Kier molecular flexibility index (Phi) is 3.99. The van der Waals surface area contributed by atoms with Crippen LogP contribution in [-0.4, -0.2) is 41.5 Å². The molecule has 0 N–H and O–H groups in total. The Hall–Kier alpha value is -2.13. The summed E-state index contributed by atoms with van der Waals surface area (Å²) in [6.07, 6.45) is 3.15. The van der Waals surface area contributed by atoms with Crippen LogP contribution in [0, 0.1) is 6.92 Å². The summed E-state index contributed by atoms with van der Waals surface area (Å²) in [7, 11) is -1.90. The average molecular weight is 339 g/mol. The SMILES string of the molecule is Cc1cc(O[C@H]2CCN(S(=O)(=O)c3cn(C)cn3)C2)cc(=O)o1. The molecule has 0 aromatic carbocycles. The minimum atomic E-state index is -3.62. The number of hydrogen-bond acceptors (Lipinski definition) is 6. The van der Waals surface area contributed by atoms with E-state index in [4.69, 9.17) is 9.15 Å². The van der Waals surface area contributed by atoms with Gasteiger partial charge < -0.3 is 13.7 Å². The largest absolute Gasteiger partial charge is 0.489 e. The number of hydrogen-bond donors (Lipinski definition) is 0. The molecule has 3 rings (SSSR count). The Bertz CT molecular complexity index is 871. The zero-order chi connectivity index (χ0) is 16.6. The summed E-state index contributed by atoms with van der Waals surface area (Å²) in [5, 5.41) is 0.0249. The van der Waals surface area contributed by atoms with Gasteiger partial charge in [-0.15, -0.1) is 0 Å². The minimum Gasteiger partial charge on any atom is -0.489 e. The maximum absolute atomic E-state index is 12.5. The first-order chi connectivity index (χ1) is 10.8. The molecule has 1 atom stereocenters. The van der Waals surface area contributed by atoms with Gasteiger partial charge in [0.2, 0.25) is 0 Å². The maximum Gasteiger partial charge on any atom is 0.339 e. The first-order valence-corrected chi connectivity index (χ1v) is 8.55. The lowest BCUT2D eigenvalue weighted by Crippen LogP contribution is -2.31. The number of imidazole rings is 1. The third-order valence-electron chi connectivity index (χ3n) is 3.56. The lowest BCUT2D eigenvalue weighted by molar-refractivity contribution is 0.213. The van der Waals surface area contributed by atoms with E-state index in [1.165, 1.54) is 22.9 Å². The summed E-state index contributed by atoms with van der Waals surface area (Å²) < 4.78 is 38.5. The molecule has 0 spiro atoms. The van der Waals surface area contributed by atoms with Crippen molar-refractivity contribution in [2.24, 2.45) is 7.05 Å².